The molecule has 0 amide bonds. The number of hydrogen-bond donors (Lipinski definition) is 0. The second kappa shape index (κ2) is 4.52. The Labute approximate surface area is 119 Å². The van der Waals surface area contributed by atoms with Gasteiger partial charge >= 0.3 is 0 Å². The summed E-state index contributed by atoms with van der Waals surface area (Å²) in [7, 11) is 1.77. The third-order valence-corrected chi connectivity index (χ3v) is 4.56. The van der Waals surface area contributed by atoms with E-state index in [1.54, 1.807) is 7.11 Å². The molecule has 0 atom stereocenters. The van der Waals surface area contributed by atoms with Gasteiger partial charge in [-0.25, -0.2) is 0 Å². The van der Waals surface area contributed by atoms with Crippen molar-refractivity contribution in [3.8, 4) is 5.75 Å². The summed E-state index contributed by atoms with van der Waals surface area (Å²) < 4.78 is 5.63. The molecule has 0 fully saturated rings. The van der Waals surface area contributed by atoms with Crippen molar-refractivity contribution in [3.63, 3.8) is 0 Å². The van der Waals surface area contributed by atoms with Crippen LogP contribution in [0.5, 0.6) is 5.75 Å². The summed E-state index contributed by atoms with van der Waals surface area (Å²) in [6.07, 6.45) is 5.05. The quantitative estimate of drug-likeness (QED) is 0.568. The molecule has 0 aromatic heterocycles. The predicted octanol–water partition coefficient (Wildman–Crippen LogP) is 4.88. The Morgan fingerprint density at radius 1 is 0.800 bits per heavy atom. The number of benzene rings is 3. The van der Waals surface area contributed by atoms with E-state index in [0.717, 1.165) is 5.75 Å². The van der Waals surface area contributed by atoms with E-state index in [-0.39, 0.29) is 0 Å². The topological polar surface area (TPSA) is 9.23 Å². The molecule has 3 aromatic rings. The molecule has 1 aliphatic rings. The predicted molar refractivity (Wildman–Crippen MR) is 84.6 cm³/mol. The number of methoxy groups -OCH3 is 1. The van der Waals surface area contributed by atoms with Gasteiger partial charge in [0.05, 0.1) is 7.11 Å². The van der Waals surface area contributed by atoms with Crippen molar-refractivity contribution < 1.29 is 4.74 Å². The molecule has 0 spiro atoms. The number of hydrogen-bond acceptors (Lipinski definition) is 1. The van der Waals surface area contributed by atoms with Gasteiger partial charge in [-0.05, 0) is 59.0 Å². The summed E-state index contributed by atoms with van der Waals surface area (Å²) in [4.78, 5) is 0. The zero-order valence-corrected chi connectivity index (χ0v) is 11.8. The SMILES string of the molecule is COc1cc2c3c(ccc2c2ccccc12)CCCC3. The van der Waals surface area contributed by atoms with Gasteiger partial charge in [0.25, 0.3) is 0 Å². The van der Waals surface area contributed by atoms with Gasteiger partial charge < -0.3 is 4.74 Å². The van der Waals surface area contributed by atoms with Crippen molar-refractivity contribution in [1.82, 2.24) is 0 Å². The Balaban J connectivity index is 2.17. The molecule has 0 saturated carbocycles. The Morgan fingerprint density at radius 2 is 1.55 bits per heavy atom. The van der Waals surface area contributed by atoms with Crippen LogP contribution in [0.4, 0.5) is 0 Å². The second-order valence-corrected chi connectivity index (χ2v) is 5.63. The molecule has 3 aromatic carbocycles. The number of rotatable bonds is 1. The van der Waals surface area contributed by atoms with Gasteiger partial charge in [0, 0.05) is 5.39 Å². The Hall–Kier alpha value is -2.02. The number of fused-ring (bicyclic) bond motifs is 5. The fourth-order valence-electron chi connectivity index (χ4n) is 3.57. The van der Waals surface area contributed by atoms with Crippen LogP contribution in [0, 0.1) is 0 Å². The van der Waals surface area contributed by atoms with Crippen LogP contribution in [0.15, 0.2) is 42.5 Å². The summed E-state index contributed by atoms with van der Waals surface area (Å²) in [5.41, 5.74) is 3.07. The second-order valence-electron chi connectivity index (χ2n) is 5.63. The molecule has 100 valence electrons. The zero-order chi connectivity index (χ0) is 13.5. The Morgan fingerprint density at radius 3 is 2.40 bits per heavy atom. The van der Waals surface area contributed by atoms with Crippen molar-refractivity contribution >= 4 is 21.5 Å². The first-order chi connectivity index (χ1) is 9.88. The van der Waals surface area contributed by atoms with Crippen molar-refractivity contribution in [3.05, 3.63) is 53.6 Å². The first kappa shape index (κ1) is 11.8. The third-order valence-electron chi connectivity index (χ3n) is 4.56. The minimum absolute atomic E-state index is 0.993. The molecule has 0 heterocycles. The van der Waals surface area contributed by atoms with Crippen LogP contribution < -0.4 is 4.74 Å². The first-order valence-corrected chi connectivity index (χ1v) is 7.38. The number of ether oxygens (including phenoxy) is 1. The molecule has 0 bridgehead atoms. The van der Waals surface area contributed by atoms with E-state index in [1.807, 2.05) is 0 Å². The lowest BCUT2D eigenvalue weighted by atomic mass is 9.86. The van der Waals surface area contributed by atoms with Crippen LogP contribution in [-0.2, 0) is 12.8 Å². The maximum absolute atomic E-state index is 5.63. The molecular formula is C19H18O. The van der Waals surface area contributed by atoms with Crippen LogP contribution in [0.3, 0.4) is 0 Å². The van der Waals surface area contributed by atoms with E-state index < -0.39 is 0 Å². The van der Waals surface area contributed by atoms with Gasteiger partial charge in [-0.2, -0.15) is 0 Å². The summed E-state index contributed by atoms with van der Waals surface area (Å²) in [5.74, 6) is 0.993. The van der Waals surface area contributed by atoms with Gasteiger partial charge in [0.15, 0.2) is 0 Å². The van der Waals surface area contributed by atoms with Gasteiger partial charge in [-0.15, -0.1) is 0 Å². The third kappa shape index (κ3) is 1.62. The molecule has 0 saturated heterocycles. The maximum atomic E-state index is 5.63. The minimum atomic E-state index is 0.993. The largest absolute Gasteiger partial charge is 0.496 e. The minimum Gasteiger partial charge on any atom is -0.496 e. The van der Waals surface area contributed by atoms with E-state index in [0.29, 0.717) is 0 Å². The molecule has 0 aliphatic heterocycles. The van der Waals surface area contributed by atoms with Crippen molar-refractivity contribution in [2.45, 2.75) is 25.7 Å². The van der Waals surface area contributed by atoms with Crippen molar-refractivity contribution in [2.24, 2.45) is 0 Å². The van der Waals surface area contributed by atoms with E-state index in [9.17, 15) is 0 Å². The number of aryl methyl sites for hydroxylation is 2. The normalized spacial score (nSPS) is 14.4. The van der Waals surface area contributed by atoms with Gasteiger partial charge in [0.1, 0.15) is 5.75 Å². The molecule has 0 radical (unpaired) electrons. The lowest BCUT2D eigenvalue weighted by Crippen LogP contribution is -2.03. The fraction of sp³-hybridized carbons (Fsp3) is 0.263. The van der Waals surface area contributed by atoms with Crippen LogP contribution in [0.25, 0.3) is 21.5 Å². The van der Waals surface area contributed by atoms with Crippen LogP contribution in [0.2, 0.25) is 0 Å². The highest BCUT2D eigenvalue weighted by Gasteiger charge is 2.15. The lowest BCUT2D eigenvalue weighted by molar-refractivity contribution is 0.420. The van der Waals surface area contributed by atoms with Gasteiger partial charge in [0.2, 0.25) is 0 Å². The van der Waals surface area contributed by atoms with Crippen LogP contribution in [-0.4, -0.2) is 7.11 Å². The Kier molecular flexibility index (Phi) is 2.66. The standard InChI is InChI=1S/C19H18O/c1-20-19-12-18-14-7-3-2-6-13(14)10-11-16(18)15-8-4-5-9-17(15)19/h4-5,8-12H,2-3,6-7H2,1H3. The van der Waals surface area contributed by atoms with E-state index in [4.69, 9.17) is 4.74 Å². The monoisotopic (exact) mass is 262 g/mol. The molecule has 1 heteroatoms. The van der Waals surface area contributed by atoms with Crippen LogP contribution >= 0.6 is 0 Å². The fourth-order valence-corrected chi connectivity index (χ4v) is 3.57. The summed E-state index contributed by atoms with van der Waals surface area (Å²) >= 11 is 0. The van der Waals surface area contributed by atoms with E-state index >= 15 is 0 Å². The maximum Gasteiger partial charge on any atom is 0.127 e. The van der Waals surface area contributed by atoms with Crippen molar-refractivity contribution in [1.29, 1.82) is 0 Å². The lowest BCUT2D eigenvalue weighted by Gasteiger charge is -2.19. The molecule has 4 rings (SSSR count). The molecule has 20 heavy (non-hydrogen) atoms. The average Bonchev–Trinajstić information content (AvgIpc) is 2.53. The summed E-state index contributed by atoms with van der Waals surface area (Å²) in [5, 5.41) is 5.26. The molecule has 0 N–H and O–H groups in total. The zero-order valence-electron chi connectivity index (χ0n) is 11.8. The van der Waals surface area contributed by atoms with Crippen LogP contribution in [0.1, 0.15) is 24.0 Å². The molecule has 1 aliphatic carbocycles. The highest BCUT2D eigenvalue weighted by Crippen LogP contribution is 2.37. The van der Waals surface area contributed by atoms with Crippen molar-refractivity contribution in [2.75, 3.05) is 7.11 Å². The summed E-state index contributed by atoms with van der Waals surface area (Å²) in [6, 6.07) is 15.4. The van der Waals surface area contributed by atoms with Gasteiger partial charge in [-0.3, -0.25) is 0 Å². The van der Waals surface area contributed by atoms with E-state index in [1.165, 1.54) is 58.4 Å². The highest BCUT2D eigenvalue weighted by atomic mass is 16.5. The Bertz CT molecular complexity index is 802. The summed E-state index contributed by atoms with van der Waals surface area (Å²) in [6.45, 7) is 0. The van der Waals surface area contributed by atoms with Gasteiger partial charge in [-0.1, -0.05) is 36.4 Å². The molecular weight excluding hydrogens is 244 g/mol. The molecule has 0 unspecified atom stereocenters. The highest BCUT2D eigenvalue weighted by molar-refractivity contribution is 6.11. The van der Waals surface area contributed by atoms with E-state index in [2.05, 4.69) is 42.5 Å². The first-order valence-electron chi connectivity index (χ1n) is 7.38. The smallest absolute Gasteiger partial charge is 0.127 e. The molecule has 1 nitrogen and oxygen atoms in total. The average molecular weight is 262 g/mol.